The number of halogens is 1. The van der Waals surface area contributed by atoms with E-state index in [1.807, 2.05) is 0 Å². The minimum absolute atomic E-state index is 0.0971. The zero-order valence-corrected chi connectivity index (χ0v) is 10.7. The van der Waals surface area contributed by atoms with Crippen LogP contribution in [0.1, 0.15) is 32.6 Å². The van der Waals surface area contributed by atoms with Gasteiger partial charge in [-0.05, 0) is 37.5 Å². The summed E-state index contributed by atoms with van der Waals surface area (Å²) in [5.41, 5.74) is 1.17. The average molecular weight is 250 g/mol. The Hall–Kier alpha value is -1.58. The first-order valence-electron chi connectivity index (χ1n) is 6.55. The second-order valence-electron chi connectivity index (χ2n) is 4.62. The summed E-state index contributed by atoms with van der Waals surface area (Å²) >= 11 is 0. The van der Waals surface area contributed by atoms with Crippen LogP contribution in [0.2, 0.25) is 0 Å². The lowest BCUT2D eigenvalue weighted by Gasteiger charge is -2.29. The van der Waals surface area contributed by atoms with Gasteiger partial charge in [0.15, 0.2) is 0 Å². The van der Waals surface area contributed by atoms with Crippen molar-refractivity contribution in [3.05, 3.63) is 24.0 Å². The van der Waals surface area contributed by atoms with Crippen molar-refractivity contribution in [1.29, 1.82) is 0 Å². The molecule has 1 N–H and O–H groups in total. The molecule has 0 unspecified atom stereocenters. The first kappa shape index (κ1) is 12.9. The van der Waals surface area contributed by atoms with E-state index in [-0.39, 0.29) is 11.7 Å². The number of benzene rings is 1. The maximum atomic E-state index is 14.0. The molecule has 1 aliphatic rings. The fraction of sp³-hybridized carbons (Fsp3) is 0.500. The molecule has 0 saturated carbocycles. The highest BCUT2D eigenvalue weighted by Crippen LogP contribution is 2.25. The van der Waals surface area contributed by atoms with Crippen LogP contribution in [-0.2, 0) is 4.79 Å². The van der Waals surface area contributed by atoms with E-state index in [1.54, 1.807) is 19.1 Å². The molecule has 0 atom stereocenters. The van der Waals surface area contributed by atoms with Crippen LogP contribution in [0.15, 0.2) is 18.2 Å². The van der Waals surface area contributed by atoms with Crippen molar-refractivity contribution in [3.8, 4) is 0 Å². The molecule has 1 heterocycles. The average Bonchev–Trinajstić information content (AvgIpc) is 2.40. The molecule has 0 bridgehead atoms. The minimum atomic E-state index is -0.259. The van der Waals surface area contributed by atoms with E-state index in [4.69, 9.17) is 0 Å². The van der Waals surface area contributed by atoms with E-state index in [0.29, 0.717) is 17.8 Å². The lowest BCUT2D eigenvalue weighted by atomic mass is 10.1. The van der Waals surface area contributed by atoms with Gasteiger partial charge in [-0.25, -0.2) is 4.39 Å². The highest BCUT2D eigenvalue weighted by molar-refractivity contribution is 5.90. The number of nitrogens with one attached hydrogen (secondary N) is 1. The van der Waals surface area contributed by atoms with Gasteiger partial charge in [0.05, 0.1) is 5.69 Å². The Kier molecular flexibility index (Phi) is 4.18. The fourth-order valence-corrected chi connectivity index (χ4v) is 2.23. The van der Waals surface area contributed by atoms with Crippen LogP contribution in [0.4, 0.5) is 15.8 Å². The van der Waals surface area contributed by atoms with Gasteiger partial charge in [-0.3, -0.25) is 4.79 Å². The smallest absolute Gasteiger partial charge is 0.224 e. The third-order valence-electron chi connectivity index (χ3n) is 3.25. The molecule has 1 aromatic rings. The molecular formula is C14H19FN2O. The van der Waals surface area contributed by atoms with Gasteiger partial charge in [-0.1, -0.05) is 6.92 Å². The molecule has 1 amide bonds. The molecule has 1 aromatic carbocycles. The Labute approximate surface area is 107 Å². The molecule has 2 rings (SSSR count). The predicted octanol–water partition coefficient (Wildman–Crippen LogP) is 3.16. The molecule has 0 radical (unpaired) electrons. The summed E-state index contributed by atoms with van der Waals surface area (Å²) in [6.45, 7) is 3.60. The van der Waals surface area contributed by atoms with Crippen molar-refractivity contribution in [3.63, 3.8) is 0 Å². The largest absolute Gasteiger partial charge is 0.369 e. The van der Waals surface area contributed by atoms with Crippen molar-refractivity contribution in [1.82, 2.24) is 0 Å². The highest BCUT2D eigenvalue weighted by Gasteiger charge is 2.15. The van der Waals surface area contributed by atoms with Gasteiger partial charge >= 0.3 is 0 Å². The van der Waals surface area contributed by atoms with Gasteiger partial charge in [0.25, 0.3) is 0 Å². The van der Waals surface area contributed by atoms with E-state index in [2.05, 4.69) is 10.2 Å². The Balaban J connectivity index is 2.11. The zero-order valence-electron chi connectivity index (χ0n) is 10.7. The molecule has 1 aliphatic heterocycles. The Morgan fingerprint density at radius 1 is 1.33 bits per heavy atom. The number of carbonyl (C=O) groups excluding carboxylic acids is 1. The zero-order chi connectivity index (χ0) is 13.0. The van der Waals surface area contributed by atoms with Crippen molar-refractivity contribution in [2.24, 2.45) is 0 Å². The quantitative estimate of drug-likeness (QED) is 0.893. The number of rotatable bonds is 3. The minimum Gasteiger partial charge on any atom is -0.369 e. The van der Waals surface area contributed by atoms with Gasteiger partial charge < -0.3 is 10.2 Å². The molecule has 4 heteroatoms. The normalized spacial score (nSPS) is 15.6. The SMILES string of the molecule is CCC(=O)Nc1ccc(N2CCCCC2)c(F)c1. The predicted molar refractivity (Wildman–Crippen MR) is 71.4 cm³/mol. The number of hydrogen-bond acceptors (Lipinski definition) is 2. The molecule has 1 fully saturated rings. The molecule has 1 saturated heterocycles. The van der Waals surface area contributed by atoms with Crippen LogP contribution in [0.3, 0.4) is 0 Å². The van der Waals surface area contributed by atoms with E-state index in [9.17, 15) is 9.18 Å². The molecule has 98 valence electrons. The number of carbonyl (C=O) groups is 1. The second-order valence-corrected chi connectivity index (χ2v) is 4.62. The van der Waals surface area contributed by atoms with E-state index in [0.717, 1.165) is 25.9 Å². The summed E-state index contributed by atoms with van der Waals surface area (Å²) in [6.07, 6.45) is 3.86. The maximum Gasteiger partial charge on any atom is 0.224 e. The lowest BCUT2D eigenvalue weighted by Crippen LogP contribution is -2.30. The summed E-state index contributed by atoms with van der Waals surface area (Å²) < 4.78 is 14.0. The summed E-state index contributed by atoms with van der Waals surface area (Å²) in [7, 11) is 0. The maximum absolute atomic E-state index is 14.0. The molecule has 3 nitrogen and oxygen atoms in total. The first-order chi connectivity index (χ1) is 8.70. The number of amides is 1. The van der Waals surface area contributed by atoms with Gasteiger partial charge in [0, 0.05) is 25.2 Å². The summed E-state index contributed by atoms with van der Waals surface area (Å²) in [5.74, 6) is -0.356. The topological polar surface area (TPSA) is 32.3 Å². The molecule has 0 aromatic heterocycles. The number of nitrogens with zero attached hydrogens (tertiary/aromatic N) is 1. The van der Waals surface area contributed by atoms with Gasteiger partial charge in [0.1, 0.15) is 5.82 Å². The Bertz CT molecular complexity index is 428. The molecular weight excluding hydrogens is 231 g/mol. The van der Waals surface area contributed by atoms with Crippen molar-refractivity contribution in [2.75, 3.05) is 23.3 Å². The third kappa shape index (κ3) is 3.00. The van der Waals surface area contributed by atoms with Crippen LogP contribution in [0.5, 0.6) is 0 Å². The van der Waals surface area contributed by atoms with E-state index >= 15 is 0 Å². The lowest BCUT2D eigenvalue weighted by molar-refractivity contribution is -0.115. The molecule has 18 heavy (non-hydrogen) atoms. The van der Waals surface area contributed by atoms with Crippen LogP contribution in [-0.4, -0.2) is 19.0 Å². The second kappa shape index (κ2) is 5.85. The van der Waals surface area contributed by atoms with E-state index < -0.39 is 0 Å². The summed E-state index contributed by atoms with van der Waals surface area (Å²) in [5, 5.41) is 2.67. The highest BCUT2D eigenvalue weighted by atomic mass is 19.1. The van der Waals surface area contributed by atoms with Gasteiger partial charge in [-0.2, -0.15) is 0 Å². The fourth-order valence-electron chi connectivity index (χ4n) is 2.23. The molecule has 0 aliphatic carbocycles. The van der Waals surface area contributed by atoms with Gasteiger partial charge in [-0.15, -0.1) is 0 Å². The molecule has 0 spiro atoms. The monoisotopic (exact) mass is 250 g/mol. The van der Waals surface area contributed by atoms with Crippen LogP contribution in [0.25, 0.3) is 0 Å². The summed E-state index contributed by atoms with van der Waals surface area (Å²) in [6, 6.07) is 4.92. The van der Waals surface area contributed by atoms with Crippen LogP contribution >= 0.6 is 0 Å². The number of piperidine rings is 1. The van der Waals surface area contributed by atoms with Gasteiger partial charge in [0.2, 0.25) is 5.91 Å². The third-order valence-corrected chi connectivity index (χ3v) is 3.25. The van der Waals surface area contributed by atoms with Crippen molar-refractivity contribution < 1.29 is 9.18 Å². The number of anilines is 2. The van der Waals surface area contributed by atoms with E-state index in [1.165, 1.54) is 12.5 Å². The standard InChI is InChI=1S/C14H19FN2O/c1-2-14(18)16-11-6-7-13(12(15)10-11)17-8-4-3-5-9-17/h6-7,10H,2-5,8-9H2,1H3,(H,16,18). The van der Waals surface area contributed by atoms with Crippen molar-refractivity contribution >= 4 is 17.3 Å². The summed E-state index contributed by atoms with van der Waals surface area (Å²) in [4.78, 5) is 13.3. The Morgan fingerprint density at radius 3 is 2.67 bits per heavy atom. The van der Waals surface area contributed by atoms with Crippen LogP contribution < -0.4 is 10.2 Å². The number of hydrogen-bond donors (Lipinski definition) is 1. The Morgan fingerprint density at radius 2 is 2.06 bits per heavy atom. The first-order valence-corrected chi connectivity index (χ1v) is 6.55. The van der Waals surface area contributed by atoms with Crippen LogP contribution in [0, 0.1) is 5.82 Å². The van der Waals surface area contributed by atoms with Crippen molar-refractivity contribution in [2.45, 2.75) is 32.6 Å².